The average Bonchev–Trinajstić information content (AvgIpc) is 2.19. The molecular weight excluding hydrogens is 211 g/mol. The van der Waals surface area contributed by atoms with Gasteiger partial charge in [0.25, 0.3) is 0 Å². The SMILES string of the molecule is CC(C)OC(=O)COCc1ccccc1F. The highest BCUT2D eigenvalue weighted by atomic mass is 19.1. The summed E-state index contributed by atoms with van der Waals surface area (Å²) in [6.07, 6.45) is -0.162. The Labute approximate surface area is 94.2 Å². The van der Waals surface area contributed by atoms with Gasteiger partial charge in [-0.15, -0.1) is 0 Å². The van der Waals surface area contributed by atoms with E-state index in [-0.39, 0.29) is 25.1 Å². The minimum atomic E-state index is -0.439. The number of carbonyl (C=O) groups excluding carboxylic acids is 1. The topological polar surface area (TPSA) is 35.5 Å². The average molecular weight is 226 g/mol. The minimum absolute atomic E-state index is 0.0693. The van der Waals surface area contributed by atoms with Crippen LogP contribution < -0.4 is 0 Å². The predicted octanol–water partition coefficient (Wildman–Crippen LogP) is 2.29. The van der Waals surface area contributed by atoms with Gasteiger partial charge in [0, 0.05) is 5.56 Å². The summed E-state index contributed by atoms with van der Waals surface area (Å²) in [4.78, 5) is 11.1. The maximum atomic E-state index is 13.1. The van der Waals surface area contributed by atoms with E-state index in [2.05, 4.69) is 0 Å². The Bertz CT molecular complexity index is 350. The Morgan fingerprint density at radius 2 is 2.06 bits per heavy atom. The Balaban J connectivity index is 2.31. The van der Waals surface area contributed by atoms with E-state index in [0.29, 0.717) is 5.56 Å². The number of rotatable bonds is 5. The molecule has 1 aromatic carbocycles. The number of benzene rings is 1. The van der Waals surface area contributed by atoms with Crippen molar-refractivity contribution < 1.29 is 18.7 Å². The van der Waals surface area contributed by atoms with Crippen molar-refractivity contribution in [2.75, 3.05) is 6.61 Å². The van der Waals surface area contributed by atoms with Crippen LogP contribution in [0, 0.1) is 5.82 Å². The molecule has 0 saturated heterocycles. The highest BCUT2D eigenvalue weighted by Gasteiger charge is 2.06. The van der Waals surface area contributed by atoms with E-state index >= 15 is 0 Å². The molecule has 0 N–H and O–H groups in total. The summed E-state index contributed by atoms with van der Waals surface area (Å²) in [6, 6.07) is 6.29. The number of hydrogen-bond donors (Lipinski definition) is 0. The minimum Gasteiger partial charge on any atom is -0.461 e. The van der Waals surface area contributed by atoms with E-state index in [9.17, 15) is 9.18 Å². The van der Waals surface area contributed by atoms with Gasteiger partial charge in [0.1, 0.15) is 12.4 Å². The van der Waals surface area contributed by atoms with E-state index in [1.54, 1.807) is 32.0 Å². The Morgan fingerprint density at radius 3 is 2.69 bits per heavy atom. The van der Waals surface area contributed by atoms with Crippen LogP contribution in [0.4, 0.5) is 4.39 Å². The lowest BCUT2D eigenvalue weighted by atomic mass is 10.2. The van der Waals surface area contributed by atoms with E-state index in [1.807, 2.05) is 0 Å². The van der Waals surface area contributed by atoms with Crippen LogP contribution in [-0.2, 0) is 20.9 Å². The molecule has 0 spiro atoms. The second-order valence-electron chi connectivity index (χ2n) is 3.62. The van der Waals surface area contributed by atoms with Gasteiger partial charge in [-0.05, 0) is 19.9 Å². The van der Waals surface area contributed by atoms with Gasteiger partial charge in [-0.25, -0.2) is 9.18 Å². The fourth-order valence-corrected chi connectivity index (χ4v) is 1.16. The molecule has 0 aliphatic heterocycles. The first-order chi connectivity index (χ1) is 7.59. The van der Waals surface area contributed by atoms with Crippen LogP contribution in [0.25, 0.3) is 0 Å². The fourth-order valence-electron chi connectivity index (χ4n) is 1.16. The van der Waals surface area contributed by atoms with Gasteiger partial charge in [0.15, 0.2) is 0 Å². The third-order valence-electron chi connectivity index (χ3n) is 1.80. The van der Waals surface area contributed by atoms with Crippen LogP contribution in [0.15, 0.2) is 24.3 Å². The molecule has 0 aliphatic carbocycles. The Hall–Kier alpha value is -1.42. The molecule has 3 nitrogen and oxygen atoms in total. The summed E-state index contributed by atoms with van der Waals surface area (Å²) >= 11 is 0. The molecular formula is C12H15FO3. The van der Waals surface area contributed by atoms with Gasteiger partial charge in [0.05, 0.1) is 12.7 Å². The zero-order chi connectivity index (χ0) is 12.0. The summed E-state index contributed by atoms with van der Waals surface area (Å²) in [5, 5.41) is 0. The van der Waals surface area contributed by atoms with Crippen LogP contribution in [0.1, 0.15) is 19.4 Å². The van der Waals surface area contributed by atoms with Gasteiger partial charge in [-0.2, -0.15) is 0 Å². The van der Waals surface area contributed by atoms with Crippen LogP contribution >= 0.6 is 0 Å². The van der Waals surface area contributed by atoms with Crippen LogP contribution in [0.2, 0.25) is 0 Å². The molecule has 1 rings (SSSR count). The van der Waals surface area contributed by atoms with Crippen molar-refractivity contribution in [3.63, 3.8) is 0 Å². The standard InChI is InChI=1S/C12H15FO3/c1-9(2)16-12(14)8-15-7-10-5-3-4-6-11(10)13/h3-6,9H,7-8H2,1-2H3. The van der Waals surface area contributed by atoms with Crippen molar-refractivity contribution in [1.29, 1.82) is 0 Å². The maximum Gasteiger partial charge on any atom is 0.332 e. The van der Waals surface area contributed by atoms with Crippen molar-refractivity contribution in [2.45, 2.75) is 26.6 Å². The molecule has 0 aromatic heterocycles. The lowest BCUT2D eigenvalue weighted by molar-refractivity contribution is -0.153. The van der Waals surface area contributed by atoms with Gasteiger partial charge in [-0.1, -0.05) is 18.2 Å². The molecule has 0 fully saturated rings. The largest absolute Gasteiger partial charge is 0.461 e. The van der Waals surface area contributed by atoms with Crippen molar-refractivity contribution in [1.82, 2.24) is 0 Å². The zero-order valence-electron chi connectivity index (χ0n) is 9.40. The molecule has 4 heteroatoms. The smallest absolute Gasteiger partial charge is 0.332 e. The second-order valence-corrected chi connectivity index (χ2v) is 3.62. The molecule has 16 heavy (non-hydrogen) atoms. The second kappa shape index (κ2) is 6.23. The van der Waals surface area contributed by atoms with Crippen LogP contribution in [0.3, 0.4) is 0 Å². The monoisotopic (exact) mass is 226 g/mol. The number of ether oxygens (including phenoxy) is 2. The van der Waals surface area contributed by atoms with E-state index < -0.39 is 5.97 Å². The summed E-state index contributed by atoms with van der Waals surface area (Å²) in [5.74, 6) is -0.772. The highest BCUT2D eigenvalue weighted by Crippen LogP contribution is 2.07. The predicted molar refractivity (Wildman–Crippen MR) is 57.3 cm³/mol. The first-order valence-corrected chi connectivity index (χ1v) is 5.10. The molecule has 0 aliphatic rings. The lowest BCUT2D eigenvalue weighted by Crippen LogP contribution is -2.17. The summed E-state index contributed by atoms with van der Waals surface area (Å²) in [5.41, 5.74) is 0.430. The molecule has 0 amide bonds. The molecule has 0 unspecified atom stereocenters. The molecule has 0 heterocycles. The number of carbonyl (C=O) groups is 1. The van der Waals surface area contributed by atoms with Crippen molar-refractivity contribution in [3.8, 4) is 0 Å². The molecule has 1 aromatic rings. The lowest BCUT2D eigenvalue weighted by Gasteiger charge is -2.08. The third kappa shape index (κ3) is 4.40. The fraction of sp³-hybridized carbons (Fsp3) is 0.417. The van der Waals surface area contributed by atoms with E-state index in [1.165, 1.54) is 6.07 Å². The molecule has 0 atom stereocenters. The van der Waals surface area contributed by atoms with E-state index in [4.69, 9.17) is 9.47 Å². The van der Waals surface area contributed by atoms with Gasteiger partial charge >= 0.3 is 5.97 Å². The number of esters is 1. The van der Waals surface area contributed by atoms with Crippen molar-refractivity contribution >= 4 is 5.97 Å². The van der Waals surface area contributed by atoms with Crippen molar-refractivity contribution in [2.24, 2.45) is 0 Å². The molecule has 0 bridgehead atoms. The number of halogens is 1. The van der Waals surface area contributed by atoms with Gasteiger partial charge < -0.3 is 9.47 Å². The van der Waals surface area contributed by atoms with Gasteiger partial charge in [-0.3, -0.25) is 0 Å². The first kappa shape index (κ1) is 12.6. The summed E-state index contributed by atoms with van der Waals surface area (Å²) < 4.78 is 23.0. The van der Waals surface area contributed by atoms with Crippen LogP contribution in [0.5, 0.6) is 0 Å². The highest BCUT2D eigenvalue weighted by molar-refractivity contribution is 5.70. The third-order valence-corrected chi connectivity index (χ3v) is 1.80. The summed E-state index contributed by atoms with van der Waals surface area (Å²) in [6.45, 7) is 3.43. The van der Waals surface area contributed by atoms with E-state index in [0.717, 1.165) is 0 Å². The quantitative estimate of drug-likeness (QED) is 0.723. The molecule has 88 valence electrons. The zero-order valence-corrected chi connectivity index (χ0v) is 9.40. The van der Waals surface area contributed by atoms with Gasteiger partial charge in [0.2, 0.25) is 0 Å². The normalized spacial score (nSPS) is 10.5. The number of hydrogen-bond acceptors (Lipinski definition) is 3. The van der Waals surface area contributed by atoms with Crippen molar-refractivity contribution in [3.05, 3.63) is 35.6 Å². The summed E-state index contributed by atoms with van der Waals surface area (Å²) in [7, 11) is 0. The maximum absolute atomic E-state index is 13.1. The van der Waals surface area contributed by atoms with Crippen LogP contribution in [-0.4, -0.2) is 18.7 Å². The first-order valence-electron chi connectivity index (χ1n) is 5.10. The molecule has 0 saturated carbocycles. The Kier molecular flexibility index (Phi) is 4.92. The molecule has 0 radical (unpaired) electrons. The Morgan fingerprint density at radius 1 is 1.38 bits per heavy atom.